The van der Waals surface area contributed by atoms with Crippen molar-refractivity contribution in [2.45, 2.75) is 34.6 Å². The lowest BCUT2D eigenvalue weighted by atomic mass is 10.3. The van der Waals surface area contributed by atoms with Crippen LogP contribution in [0.5, 0.6) is 0 Å². The molecule has 2 N–H and O–H groups in total. The van der Waals surface area contributed by atoms with Crippen molar-refractivity contribution in [3.05, 3.63) is 25.1 Å². The maximum absolute atomic E-state index is 11.5. The van der Waals surface area contributed by atoms with Crippen molar-refractivity contribution in [2.75, 3.05) is 32.2 Å². The van der Waals surface area contributed by atoms with Gasteiger partial charge in [-0.1, -0.05) is 22.7 Å². The second-order valence-electron chi connectivity index (χ2n) is 5.48. The fourth-order valence-electron chi connectivity index (χ4n) is 1.98. The molecule has 2 heterocycles. The average molecular weight is 593 g/mol. The van der Waals surface area contributed by atoms with Crippen LogP contribution in [0.3, 0.4) is 0 Å². The maximum atomic E-state index is 11.5. The molecular weight excluding hydrogens is 568 g/mol. The van der Waals surface area contributed by atoms with Crippen LogP contribution in [0.15, 0.2) is 3.92 Å². The number of aromatic nitrogens is 2. The third kappa shape index (κ3) is 10.8. The van der Waals surface area contributed by atoms with E-state index in [4.69, 9.17) is 29.9 Å². The van der Waals surface area contributed by atoms with Crippen molar-refractivity contribution in [3.63, 3.8) is 0 Å². The SMILES string of the molecule is CC#N.CCOC(=O)c1nc(Br)sc1C(=O)OCC.CCOC(=O)c1nc(N)sc1C(=O)OCC. The Hall–Kier alpha value is -3.09. The van der Waals surface area contributed by atoms with Crippen LogP contribution in [-0.4, -0.2) is 60.3 Å². The molecule has 0 bridgehead atoms. The quantitative estimate of drug-likeness (QED) is 0.345. The highest BCUT2D eigenvalue weighted by molar-refractivity contribution is 9.11. The van der Waals surface area contributed by atoms with Crippen LogP contribution in [-0.2, 0) is 18.9 Å². The molecule has 2 aromatic heterocycles. The first kappa shape index (κ1) is 31.9. The molecular formula is C20H25BrN4O8S2. The Morgan fingerprint density at radius 1 is 0.800 bits per heavy atom. The van der Waals surface area contributed by atoms with E-state index in [2.05, 4.69) is 25.9 Å². The Balaban J connectivity index is 0.000000594. The second-order valence-corrected chi connectivity index (χ2v) is 8.79. The van der Waals surface area contributed by atoms with Crippen molar-refractivity contribution in [1.82, 2.24) is 9.97 Å². The van der Waals surface area contributed by atoms with E-state index in [0.717, 1.165) is 22.7 Å². The molecule has 0 radical (unpaired) electrons. The molecule has 2 aromatic rings. The van der Waals surface area contributed by atoms with Gasteiger partial charge in [0.25, 0.3) is 0 Å². The van der Waals surface area contributed by atoms with E-state index in [1.54, 1.807) is 33.8 Å². The number of thiazole rings is 2. The van der Waals surface area contributed by atoms with Crippen LogP contribution < -0.4 is 5.73 Å². The summed E-state index contributed by atoms with van der Waals surface area (Å²) in [4.78, 5) is 53.8. The van der Waals surface area contributed by atoms with Gasteiger partial charge in [0.15, 0.2) is 20.4 Å². The number of nitriles is 1. The van der Waals surface area contributed by atoms with E-state index in [1.807, 2.05) is 0 Å². The Morgan fingerprint density at radius 2 is 1.14 bits per heavy atom. The van der Waals surface area contributed by atoms with Crippen molar-refractivity contribution >= 4 is 67.6 Å². The van der Waals surface area contributed by atoms with Gasteiger partial charge in [0.2, 0.25) is 0 Å². The molecule has 0 aromatic carbocycles. The molecule has 0 saturated heterocycles. The average Bonchev–Trinajstić information content (AvgIpc) is 3.38. The fourth-order valence-corrected chi connectivity index (χ4v) is 4.03. The summed E-state index contributed by atoms with van der Waals surface area (Å²) in [5.74, 6) is -2.46. The van der Waals surface area contributed by atoms with Gasteiger partial charge in [-0.3, -0.25) is 0 Å². The van der Waals surface area contributed by atoms with Crippen molar-refractivity contribution in [1.29, 1.82) is 5.26 Å². The van der Waals surface area contributed by atoms with Gasteiger partial charge >= 0.3 is 23.9 Å². The third-order valence-corrected chi connectivity index (χ3v) is 5.46. The van der Waals surface area contributed by atoms with E-state index in [1.165, 1.54) is 6.92 Å². The number of hydrogen-bond donors (Lipinski definition) is 1. The number of anilines is 1. The molecule has 0 aliphatic carbocycles. The minimum atomic E-state index is -0.668. The Kier molecular flexibility index (Phi) is 15.8. The van der Waals surface area contributed by atoms with E-state index >= 15 is 0 Å². The number of rotatable bonds is 8. The van der Waals surface area contributed by atoms with E-state index in [-0.39, 0.29) is 52.7 Å². The molecule has 12 nitrogen and oxygen atoms in total. The van der Waals surface area contributed by atoms with E-state index in [0.29, 0.717) is 3.92 Å². The molecule has 0 atom stereocenters. The predicted molar refractivity (Wildman–Crippen MR) is 131 cm³/mol. The molecule has 0 aliphatic rings. The molecule has 0 saturated carbocycles. The molecule has 15 heteroatoms. The van der Waals surface area contributed by atoms with Crippen LogP contribution in [0.1, 0.15) is 74.9 Å². The van der Waals surface area contributed by atoms with Crippen LogP contribution in [0.25, 0.3) is 0 Å². The normalized spacial score (nSPS) is 9.29. The summed E-state index contributed by atoms with van der Waals surface area (Å²) in [6.45, 7) is 9.05. The summed E-state index contributed by atoms with van der Waals surface area (Å²) in [6.07, 6.45) is 0. The smallest absolute Gasteiger partial charge is 0.358 e. The lowest BCUT2D eigenvalue weighted by Crippen LogP contribution is -2.12. The number of hydrogen-bond acceptors (Lipinski definition) is 14. The summed E-state index contributed by atoms with van der Waals surface area (Å²) in [6, 6.07) is 1.75. The van der Waals surface area contributed by atoms with Crippen LogP contribution in [0.4, 0.5) is 5.13 Å². The van der Waals surface area contributed by atoms with Crippen molar-refractivity contribution in [3.8, 4) is 6.07 Å². The third-order valence-electron chi connectivity index (χ3n) is 3.10. The highest BCUT2D eigenvalue weighted by atomic mass is 79.9. The maximum Gasteiger partial charge on any atom is 0.358 e. The van der Waals surface area contributed by atoms with Gasteiger partial charge in [0, 0.05) is 6.92 Å². The van der Waals surface area contributed by atoms with Gasteiger partial charge in [0.1, 0.15) is 9.75 Å². The highest BCUT2D eigenvalue weighted by Gasteiger charge is 2.25. The standard InChI is InChI=1S/C9H10BrNO4S.C9H12N2O4S.C2H3N/c2*1-3-14-7(12)5-6(8(13)15-4-2)16-9(10)11-5;1-2-3/h3-4H2,1-2H3;3-4H2,1-2H3,(H2,10,11);1H3. The number of carbonyl (C=O) groups is 4. The second kappa shape index (κ2) is 17.4. The number of carbonyl (C=O) groups excluding carboxylic acids is 4. The zero-order valence-electron chi connectivity index (χ0n) is 19.7. The minimum absolute atomic E-state index is 0.00262. The number of halogens is 1. The zero-order valence-corrected chi connectivity index (χ0v) is 22.9. The summed E-state index contributed by atoms with van der Waals surface area (Å²) >= 11 is 5.07. The lowest BCUT2D eigenvalue weighted by molar-refractivity contribution is 0.0479. The highest BCUT2D eigenvalue weighted by Crippen LogP contribution is 2.25. The molecule has 0 amide bonds. The number of ether oxygens (including phenoxy) is 4. The van der Waals surface area contributed by atoms with Crippen LogP contribution >= 0.6 is 38.6 Å². The first-order valence-electron chi connectivity index (χ1n) is 10.0. The Labute approximate surface area is 218 Å². The number of nitrogens with zero attached hydrogens (tertiary/aromatic N) is 3. The predicted octanol–water partition coefficient (Wildman–Crippen LogP) is 3.87. The minimum Gasteiger partial charge on any atom is -0.462 e. The Morgan fingerprint density at radius 3 is 1.54 bits per heavy atom. The Bertz CT molecular complexity index is 901. The van der Waals surface area contributed by atoms with Crippen molar-refractivity contribution in [2.24, 2.45) is 0 Å². The number of nitrogen functional groups attached to an aromatic ring is 1. The van der Waals surface area contributed by atoms with Crippen LogP contribution in [0, 0.1) is 11.3 Å². The van der Waals surface area contributed by atoms with Gasteiger partial charge < -0.3 is 24.7 Å². The first-order valence-corrected chi connectivity index (χ1v) is 12.5. The molecule has 35 heavy (non-hydrogen) atoms. The summed E-state index contributed by atoms with van der Waals surface area (Å²) < 4.78 is 19.6. The molecule has 192 valence electrons. The fraction of sp³-hybridized carbons (Fsp3) is 0.450. The molecule has 0 aliphatic heterocycles. The molecule has 0 spiro atoms. The lowest BCUT2D eigenvalue weighted by Gasteiger charge is -2.01. The largest absolute Gasteiger partial charge is 0.462 e. The molecule has 0 fully saturated rings. The number of nitrogens with two attached hydrogens (primary N) is 1. The first-order chi connectivity index (χ1) is 16.6. The van der Waals surface area contributed by atoms with Crippen LogP contribution in [0.2, 0.25) is 0 Å². The van der Waals surface area contributed by atoms with E-state index < -0.39 is 23.9 Å². The van der Waals surface area contributed by atoms with E-state index in [9.17, 15) is 19.2 Å². The zero-order chi connectivity index (χ0) is 27.0. The van der Waals surface area contributed by atoms with Gasteiger partial charge in [-0.25, -0.2) is 29.1 Å². The van der Waals surface area contributed by atoms with Gasteiger partial charge in [-0.05, 0) is 43.6 Å². The molecule has 2 rings (SSSR count). The van der Waals surface area contributed by atoms with Gasteiger partial charge in [-0.15, -0.1) is 0 Å². The summed E-state index contributed by atoms with van der Waals surface area (Å²) in [5, 5.41) is 7.45. The number of esters is 4. The summed E-state index contributed by atoms with van der Waals surface area (Å²) in [7, 11) is 0. The van der Waals surface area contributed by atoms with Gasteiger partial charge in [-0.2, -0.15) is 5.26 Å². The topological polar surface area (TPSA) is 181 Å². The summed E-state index contributed by atoms with van der Waals surface area (Å²) in [5.41, 5.74) is 5.36. The molecule has 0 unspecified atom stereocenters. The monoisotopic (exact) mass is 592 g/mol. The van der Waals surface area contributed by atoms with Gasteiger partial charge in [0.05, 0.1) is 32.5 Å². The van der Waals surface area contributed by atoms with Crippen molar-refractivity contribution < 1.29 is 38.1 Å².